The van der Waals surface area contributed by atoms with E-state index in [9.17, 15) is 13.2 Å². The Hall–Kier alpha value is -1.89. The lowest BCUT2D eigenvalue weighted by Gasteiger charge is -2.31. The number of nitrogens with one attached hydrogen (secondary N) is 1. The summed E-state index contributed by atoms with van der Waals surface area (Å²) in [4.78, 5) is 12.9. The third-order valence-corrected chi connectivity index (χ3v) is 8.94. The Kier molecular flexibility index (Phi) is 7.23. The van der Waals surface area contributed by atoms with Gasteiger partial charge in [-0.05, 0) is 73.8 Å². The summed E-state index contributed by atoms with van der Waals surface area (Å²) in [6.45, 7) is 2.74. The summed E-state index contributed by atoms with van der Waals surface area (Å²) >= 11 is 6.14. The van der Waals surface area contributed by atoms with Gasteiger partial charge in [0.1, 0.15) is 0 Å². The van der Waals surface area contributed by atoms with Crippen LogP contribution in [0.25, 0.3) is 0 Å². The Morgan fingerprint density at radius 3 is 2.50 bits per heavy atom. The summed E-state index contributed by atoms with van der Waals surface area (Å²) in [6.07, 6.45) is 5.81. The molecule has 7 heteroatoms. The number of sulfonamides is 1. The first-order chi connectivity index (χ1) is 15.3. The predicted molar refractivity (Wildman–Crippen MR) is 128 cm³/mol. The van der Waals surface area contributed by atoms with Crippen molar-refractivity contribution in [2.24, 2.45) is 5.92 Å². The summed E-state index contributed by atoms with van der Waals surface area (Å²) in [6, 6.07) is 13.5. The highest BCUT2D eigenvalue weighted by molar-refractivity contribution is 7.88. The van der Waals surface area contributed by atoms with E-state index in [1.54, 1.807) is 24.3 Å². The lowest BCUT2D eigenvalue weighted by Crippen LogP contribution is -2.43. The van der Waals surface area contributed by atoms with Crippen LogP contribution in [0.2, 0.25) is 5.02 Å². The summed E-state index contributed by atoms with van der Waals surface area (Å²) < 4.78 is 27.2. The molecule has 5 nitrogen and oxygen atoms in total. The molecule has 0 aromatic heterocycles. The number of amides is 1. The molecule has 0 bridgehead atoms. The molecular formula is C25H31ClN2O3S. The summed E-state index contributed by atoms with van der Waals surface area (Å²) in [7, 11) is -3.47. The molecule has 172 valence electrons. The highest BCUT2D eigenvalue weighted by atomic mass is 35.5. The molecule has 0 radical (unpaired) electrons. The lowest BCUT2D eigenvalue weighted by atomic mass is 9.89. The molecule has 1 N–H and O–H groups in total. The van der Waals surface area contributed by atoms with Gasteiger partial charge in [0.2, 0.25) is 15.9 Å². The predicted octanol–water partition coefficient (Wildman–Crippen LogP) is 4.64. The van der Waals surface area contributed by atoms with Crippen LogP contribution in [0.4, 0.5) is 0 Å². The fraction of sp³-hybridized carbons (Fsp3) is 0.480. The smallest absolute Gasteiger partial charge is 0.223 e. The van der Waals surface area contributed by atoms with E-state index < -0.39 is 10.0 Å². The zero-order chi connectivity index (χ0) is 22.7. The highest BCUT2D eigenvalue weighted by Crippen LogP contribution is 2.27. The number of carbonyl (C=O) groups is 1. The zero-order valence-corrected chi connectivity index (χ0v) is 20.1. The monoisotopic (exact) mass is 474 g/mol. The second-order valence-electron chi connectivity index (χ2n) is 8.99. The quantitative estimate of drug-likeness (QED) is 0.663. The number of fused-ring (bicyclic) bond motifs is 1. The molecule has 0 unspecified atom stereocenters. The fourth-order valence-corrected chi connectivity index (χ4v) is 6.61. The number of nitrogens with zero attached hydrogens (tertiary/aromatic N) is 1. The highest BCUT2D eigenvalue weighted by Gasteiger charge is 2.32. The Morgan fingerprint density at radius 2 is 1.78 bits per heavy atom. The first-order valence-electron chi connectivity index (χ1n) is 11.5. The minimum atomic E-state index is -3.47. The second kappa shape index (κ2) is 9.94. The average molecular weight is 475 g/mol. The molecule has 1 atom stereocenters. The number of halogens is 1. The second-order valence-corrected chi connectivity index (χ2v) is 11.4. The summed E-state index contributed by atoms with van der Waals surface area (Å²) in [5, 5.41) is 3.61. The number of hydrogen-bond acceptors (Lipinski definition) is 3. The number of aryl methyl sites for hydroxylation is 2. The van der Waals surface area contributed by atoms with E-state index >= 15 is 0 Å². The van der Waals surface area contributed by atoms with Gasteiger partial charge in [-0.1, -0.05) is 48.0 Å². The van der Waals surface area contributed by atoms with Crippen LogP contribution < -0.4 is 5.32 Å². The van der Waals surface area contributed by atoms with Gasteiger partial charge in [-0.2, -0.15) is 0 Å². The Balaban J connectivity index is 1.32. The molecule has 2 aliphatic rings. The minimum Gasteiger partial charge on any atom is -0.349 e. The molecule has 1 saturated heterocycles. The van der Waals surface area contributed by atoms with Crippen molar-refractivity contribution in [1.29, 1.82) is 0 Å². The Bertz CT molecular complexity index is 1080. The molecule has 2 aromatic carbocycles. The SMILES string of the molecule is C[C@@H](NC(=O)C1CCN(S(=O)(=O)Cc2ccccc2Cl)CC1)c1ccc2c(c1)CCCC2. The van der Waals surface area contributed by atoms with Crippen molar-refractivity contribution in [2.75, 3.05) is 13.1 Å². The van der Waals surface area contributed by atoms with Gasteiger partial charge in [0.15, 0.2) is 0 Å². The maximum absolute atomic E-state index is 12.9. The van der Waals surface area contributed by atoms with E-state index in [0.717, 1.165) is 18.4 Å². The van der Waals surface area contributed by atoms with Crippen LogP contribution in [-0.2, 0) is 33.4 Å². The maximum atomic E-state index is 12.9. The Labute approximate surface area is 196 Å². The molecule has 1 aliphatic carbocycles. The third-order valence-electron chi connectivity index (χ3n) is 6.75. The van der Waals surface area contributed by atoms with E-state index in [1.807, 2.05) is 6.92 Å². The molecule has 0 saturated carbocycles. The van der Waals surface area contributed by atoms with Crippen molar-refractivity contribution >= 4 is 27.5 Å². The normalized spacial score (nSPS) is 18.7. The van der Waals surface area contributed by atoms with Crippen LogP contribution in [0, 0.1) is 5.92 Å². The van der Waals surface area contributed by atoms with Gasteiger partial charge in [-0.3, -0.25) is 4.79 Å². The molecule has 0 spiro atoms. The number of hydrogen-bond donors (Lipinski definition) is 1. The van der Waals surface area contributed by atoms with Crippen LogP contribution in [0.1, 0.15) is 60.9 Å². The van der Waals surface area contributed by atoms with Gasteiger partial charge >= 0.3 is 0 Å². The molecule has 1 heterocycles. The maximum Gasteiger partial charge on any atom is 0.223 e. The van der Waals surface area contributed by atoms with Crippen molar-refractivity contribution in [2.45, 2.75) is 57.2 Å². The Morgan fingerprint density at radius 1 is 1.09 bits per heavy atom. The topological polar surface area (TPSA) is 66.5 Å². The first-order valence-corrected chi connectivity index (χ1v) is 13.5. The van der Waals surface area contributed by atoms with Crippen molar-refractivity contribution in [3.05, 3.63) is 69.7 Å². The molecule has 4 rings (SSSR count). The number of rotatable bonds is 6. The number of benzene rings is 2. The van der Waals surface area contributed by atoms with Gasteiger partial charge in [0.25, 0.3) is 0 Å². The van der Waals surface area contributed by atoms with E-state index in [-0.39, 0.29) is 23.6 Å². The van der Waals surface area contributed by atoms with Crippen LogP contribution in [0.3, 0.4) is 0 Å². The molecule has 1 aliphatic heterocycles. The van der Waals surface area contributed by atoms with Crippen LogP contribution in [0.15, 0.2) is 42.5 Å². The number of carbonyl (C=O) groups excluding carboxylic acids is 1. The number of piperidine rings is 1. The van der Waals surface area contributed by atoms with Crippen LogP contribution >= 0.6 is 11.6 Å². The van der Waals surface area contributed by atoms with Crippen LogP contribution in [-0.4, -0.2) is 31.7 Å². The first kappa shape index (κ1) is 23.3. The molecule has 32 heavy (non-hydrogen) atoms. The summed E-state index contributed by atoms with van der Waals surface area (Å²) in [5.74, 6) is -0.265. The van der Waals surface area contributed by atoms with E-state index in [1.165, 1.54) is 28.3 Å². The van der Waals surface area contributed by atoms with E-state index in [2.05, 4.69) is 23.5 Å². The largest absolute Gasteiger partial charge is 0.349 e. The lowest BCUT2D eigenvalue weighted by molar-refractivity contribution is -0.126. The zero-order valence-electron chi connectivity index (χ0n) is 18.5. The van der Waals surface area contributed by atoms with E-state index in [4.69, 9.17) is 11.6 Å². The van der Waals surface area contributed by atoms with Gasteiger partial charge in [-0.15, -0.1) is 0 Å². The van der Waals surface area contributed by atoms with Gasteiger partial charge in [-0.25, -0.2) is 12.7 Å². The fourth-order valence-electron chi connectivity index (χ4n) is 4.74. The van der Waals surface area contributed by atoms with Crippen molar-refractivity contribution < 1.29 is 13.2 Å². The van der Waals surface area contributed by atoms with Crippen molar-refractivity contribution in [3.8, 4) is 0 Å². The minimum absolute atomic E-state index is 0.0124. The molecular weight excluding hydrogens is 444 g/mol. The van der Waals surface area contributed by atoms with Gasteiger partial charge in [0, 0.05) is 24.0 Å². The van der Waals surface area contributed by atoms with Crippen molar-refractivity contribution in [1.82, 2.24) is 9.62 Å². The van der Waals surface area contributed by atoms with Crippen molar-refractivity contribution in [3.63, 3.8) is 0 Å². The standard InChI is InChI=1S/C25H31ClN2O3S/c1-18(21-11-10-19-6-2-3-7-22(19)16-21)27-25(29)20-12-14-28(15-13-20)32(30,31)17-23-8-4-5-9-24(23)26/h4-5,8-11,16,18,20H,2-3,6-7,12-15,17H2,1H3,(H,27,29)/t18-/m1/s1. The van der Waals surface area contributed by atoms with Gasteiger partial charge < -0.3 is 5.32 Å². The third kappa shape index (κ3) is 5.36. The van der Waals surface area contributed by atoms with E-state index in [0.29, 0.717) is 36.5 Å². The molecule has 2 aromatic rings. The molecule has 1 amide bonds. The van der Waals surface area contributed by atoms with Crippen LogP contribution in [0.5, 0.6) is 0 Å². The molecule has 1 fully saturated rings. The summed E-state index contributed by atoms with van der Waals surface area (Å²) in [5.41, 5.74) is 4.59. The van der Waals surface area contributed by atoms with Gasteiger partial charge in [0.05, 0.1) is 11.8 Å². The average Bonchev–Trinajstić information content (AvgIpc) is 2.80.